The van der Waals surface area contributed by atoms with E-state index in [1.807, 2.05) is 0 Å². The van der Waals surface area contributed by atoms with E-state index in [2.05, 4.69) is 24.1 Å². The number of nitrogens with zero attached hydrogens (tertiary/aromatic N) is 1. The number of rotatable bonds is 5. The van der Waals surface area contributed by atoms with E-state index in [4.69, 9.17) is 9.47 Å². The zero-order valence-corrected chi connectivity index (χ0v) is 11.2. The van der Waals surface area contributed by atoms with Crippen molar-refractivity contribution in [3.05, 3.63) is 0 Å². The maximum atomic E-state index is 5.64. The van der Waals surface area contributed by atoms with Crippen molar-refractivity contribution in [1.82, 2.24) is 10.2 Å². The lowest BCUT2D eigenvalue weighted by molar-refractivity contribution is 0.0126. The summed E-state index contributed by atoms with van der Waals surface area (Å²) in [6, 6.07) is 0.553. The van der Waals surface area contributed by atoms with Gasteiger partial charge in [-0.05, 0) is 6.42 Å². The molecule has 1 N–H and O–H groups in total. The SMILES string of the molecule is CC(C)NCC1(CN2CCOCC2)CCOC1. The van der Waals surface area contributed by atoms with Crippen molar-refractivity contribution < 1.29 is 9.47 Å². The third-order valence-corrected chi connectivity index (χ3v) is 3.73. The molecule has 2 aliphatic rings. The fourth-order valence-corrected chi connectivity index (χ4v) is 2.62. The Balaban J connectivity index is 1.86. The maximum absolute atomic E-state index is 5.64. The molecule has 100 valence electrons. The molecule has 0 aromatic carbocycles. The first kappa shape index (κ1) is 13.3. The molecule has 0 aliphatic carbocycles. The molecule has 0 bridgehead atoms. The molecule has 1 atom stereocenters. The summed E-state index contributed by atoms with van der Waals surface area (Å²) in [7, 11) is 0. The highest BCUT2D eigenvalue weighted by atomic mass is 16.5. The number of morpholine rings is 1. The molecule has 2 aliphatic heterocycles. The summed E-state index contributed by atoms with van der Waals surface area (Å²) in [5.41, 5.74) is 0.321. The van der Waals surface area contributed by atoms with Gasteiger partial charge in [0.25, 0.3) is 0 Å². The molecule has 0 aromatic heterocycles. The maximum Gasteiger partial charge on any atom is 0.0594 e. The van der Waals surface area contributed by atoms with Gasteiger partial charge in [0, 0.05) is 44.2 Å². The molecular formula is C13H26N2O2. The Labute approximate surface area is 105 Å². The molecule has 2 saturated heterocycles. The van der Waals surface area contributed by atoms with Gasteiger partial charge in [0.15, 0.2) is 0 Å². The summed E-state index contributed by atoms with van der Waals surface area (Å²) >= 11 is 0. The van der Waals surface area contributed by atoms with Crippen LogP contribution in [-0.4, -0.2) is 63.5 Å². The minimum absolute atomic E-state index is 0.321. The summed E-state index contributed by atoms with van der Waals surface area (Å²) < 4.78 is 11.0. The smallest absolute Gasteiger partial charge is 0.0594 e. The van der Waals surface area contributed by atoms with Crippen molar-refractivity contribution in [1.29, 1.82) is 0 Å². The number of ether oxygens (including phenoxy) is 2. The molecule has 2 fully saturated rings. The van der Waals surface area contributed by atoms with E-state index in [1.165, 1.54) is 6.42 Å². The van der Waals surface area contributed by atoms with Gasteiger partial charge in [0.1, 0.15) is 0 Å². The van der Waals surface area contributed by atoms with Gasteiger partial charge in [-0.2, -0.15) is 0 Å². The normalized spacial score (nSPS) is 31.2. The number of hydrogen-bond acceptors (Lipinski definition) is 4. The third kappa shape index (κ3) is 3.91. The van der Waals surface area contributed by atoms with Crippen LogP contribution in [0.5, 0.6) is 0 Å². The molecule has 4 nitrogen and oxygen atoms in total. The van der Waals surface area contributed by atoms with E-state index in [-0.39, 0.29) is 0 Å². The Morgan fingerprint density at radius 1 is 1.18 bits per heavy atom. The number of nitrogens with one attached hydrogen (secondary N) is 1. The van der Waals surface area contributed by atoms with Crippen molar-refractivity contribution >= 4 is 0 Å². The molecule has 2 heterocycles. The lowest BCUT2D eigenvalue weighted by atomic mass is 9.86. The highest BCUT2D eigenvalue weighted by Crippen LogP contribution is 2.29. The van der Waals surface area contributed by atoms with E-state index in [9.17, 15) is 0 Å². The number of hydrogen-bond donors (Lipinski definition) is 1. The summed E-state index contributed by atoms with van der Waals surface area (Å²) in [4.78, 5) is 2.53. The van der Waals surface area contributed by atoms with Gasteiger partial charge in [0.2, 0.25) is 0 Å². The van der Waals surface area contributed by atoms with Crippen LogP contribution < -0.4 is 5.32 Å². The predicted molar refractivity (Wildman–Crippen MR) is 68.3 cm³/mol. The van der Waals surface area contributed by atoms with Crippen molar-refractivity contribution in [3.63, 3.8) is 0 Å². The van der Waals surface area contributed by atoms with Gasteiger partial charge >= 0.3 is 0 Å². The largest absolute Gasteiger partial charge is 0.381 e. The van der Waals surface area contributed by atoms with Gasteiger partial charge in [-0.3, -0.25) is 4.90 Å². The van der Waals surface area contributed by atoms with E-state index in [0.717, 1.165) is 52.6 Å². The van der Waals surface area contributed by atoms with Crippen LogP contribution >= 0.6 is 0 Å². The van der Waals surface area contributed by atoms with Gasteiger partial charge in [-0.15, -0.1) is 0 Å². The minimum Gasteiger partial charge on any atom is -0.381 e. The zero-order valence-electron chi connectivity index (χ0n) is 11.2. The zero-order chi connectivity index (χ0) is 12.1. The quantitative estimate of drug-likeness (QED) is 0.770. The topological polar surface area (TPSA) is 33.7 Å². The molecule has 0 spiro atoms. The first-order valence-corrected chi connectivity index (χ1v) is 6.81. The highest BCUT2D eigenvalue weighted by Gasteiger charge is 2.36. The third-order valence-electron chi connectivity index (χ3n) is 3.73. The van der Waals surface area contributed by atoms with Gasteiger partial charge < -0.3 is 14.8 Å². The molecule has 2 rings (SSSR count). The summed E-state index contributed by atoms with van der Waals surface area (Å²) in [6.07, 6.45) is 1.18. The van der Waals surface area contributed by atoms with Crippen molar-refractivity contribution in [3.8, 4) is 0 Å². The molecule has 4 heteroatoms. The monoisotopic (exact) mass is 242 g/mol. The fraction of sp³-hybridized carbons (Fsp3) is 1.00. The Kier molecular flexibility index (Phi) is 4.79. The van der Waals surface area contributed by atoms with Gasteiger partial charge in [0.05, 0.1) is 19.8 Å². The standard InChI is InChI=1S/C13H26N2O2/c1-12(2)14-9-13(3-6-17-11-13)10-15-4-7-16-8-5-15/h12,14H,3-11H2,1-2H3. The van der Waals surface area contributed by atoms with Crippen LogP contribution in [0, 0.1) is 5.41 Å². The fourth-order valence-electron chi connectivity index (χ4n) is 2.62. The van der Waals surface area contributed by atoms with E-state index < -0.39 is 0 Å². The second-order valence-electron chi connectivity index (χ2n) is 5.73. The van der Waals surface area contributed by atoms with E-state index in [1.54, 1.807) is 0 Å². The Bertz CT molecular complexity index is 221. The van der Waals surface area contributed by atoms with Gasteiger partial charge in [-0.25, -0.2) is 0 Å². The van der Waals surface area contributed by atoms with Crippen LogP contribution in [-0.2, 0) is 9.47 Å². The first-order chi connectivity index (χ1) is 8.20. The molecular weight excluding hydrogens is 216 g/mol. The average Bonchev–Trinajstić information content (AvgIpc) is 2.77. The van der Waals surface area contributed by atoms with Crippen LogP contribution in [0.15, 0.2) is 0 Å². The van der Waals surface area contributed by atoms with Crippen LogP contribution in [0.3, 0.4) is 0 Å². The summed E-state index contributed by atoms with van der Waals surface area (Å²) in [5.74, 6) is 0. The van der Waals surface area contributed by atoms with E-state index >= 15 is 0 Å². The van der Waals surface area contributed by atoms with Crippen molar-refractivity contribution in [2.24, 2.45) is 5.41 Å². The van der Waals surface area contributed by atoms with Crippen molar-refractivity contribution in [2.75, 3.05) is 52.6 Å². The lowest BCUT2D eigenvalue weighted by Gasteiger charge is -2.36. The molecule has 0 aromatic rings. The molecule has 0 saturated carbocycles. The van der Waals surface area contributed by atoms with Gasteiger partial charge in [-0.1, -0.05) is 13.8 Å². The summed E-state index contributed by atoms with van der Waals surface area (Å²) in [5, 5.41) is 3.58. The van der Waals surface area contributed by atoms with Crippen LogP contribution in [0.1, 0.15) is 20.3 Å². The minimum atomic E-state index is 0.321. The second-order valence-corrected chi connectivity index (χ2v) is 5.73. The predicted octanol–water partition coefficient (Wildman–Crippen LogP) is 0.723. The Hall–Kier alpha value is -0.160. The molecule has 1 unspecified atom stereocenters. The molecule has 17 heavy (non-hydrogen) atoms. The Morgan fingerprint density at radius 2 is 1.94 bits per heavy atom. The first-order valence-electron chi connectivity index (χ1n) is 6.81. The molecule has 0 amide bonds. The molecule has 0 radical (unpaired) electrons. The van der Waals surface area contributed by atoms with E-state index in [0.29, 0.717) is 11.5 Å². The highest BCUT2D eigenvalue weighted by molar-refractivity contribution is 4.89. The van der Waals surface area contributed by atoms with Crippen LogP contribution in [0.25, 0.3) is 0 Å². The van der Waals surface area contributed by atoms with Crippen molar-refractivity contribution in [2.45, 2.75) is 26.3 Å². The van der Waals surface area contributed by atoms with Crippen LogP contribution in [0.4, 0.5) is 0 Å². The summed E-state index contributed by atoms with van der Waals surface area (Å²) in [6.45, 7) is 12.4. The second kappa shape index (κ2) is 6.14. The Morgan fingerprint density at radius 3 is 2.53 bits per heavy atom. The average molecular weight is 242 g/mol. The van der Waals surface area contributed by atoms with Crippen LogP contribution in [0.2, 0.25) is 0 Å². The lowest BCUT2D eigenvalue weighted by Crippen LogP contribution is -2.49.